The van der Waals surface area contributed by atoms with E-state index >= 15 is 0 Å². The standard InChI is InChI=1S/C14H19ClN2OS.ClH/c15-12-3-5-13(6-4-12)19-9-8-17-14(18)11-2-1-7-16-10-11;/h3-6,11,16H,1-2,7-10H2,(H,17,18);1H. The van der Waals surface area contributed by atoms with E-state index in [1.54, 1.807) is 11.8 Å². The van der Waals surface area contributed by atoms with E-state index < -0.39 is 0 Å². The molecule has 0 radical (unpaired) electrons. The van der Waals surface area contributed by atoms with Crippen molar-refractivity contribution in [3.05, 3.63) is 29.3 Å². The van der Waals surface area contributed by atoms with Gasteiger partial charge >= 0.3 is 0 Å². The molecule has 1 saturated heterocycles. The fraction of sp³-hybridized carbons (Fsp3) is 0.500. The second-order valence-electron chi connectivity index (χ2n) is 4.64. The van der Waals surface area contributed by atoms with Crippen LogP contribution in [0.25, 0.3) is 0 Å². The molecule has 20 heavy (non-hydrogen) atoms. The van der Waals surface area contributed by atoms with Crippen molar-refractivity contribution in [3.8, 4) is 0 Å². The maximum Gasteiger partial charge on any atom is 0.224 e. The summed E-state index contributed by atoms with van der Waals surface area (Å²) in [5.74, 6) is 1.21. The van der Waals surface area contributed by atoms with E-state index in [0.29, 0.717) is 6.54 Å². The molecule has 1 aromatic carbocycles. The largest absolute Gasteiger partial charge is 0.355 e. The number of hydrogen-bond donors (Lipinski definition) is 2. The summed E-state index contributed by atoms with van der Waals surface area (Å²) in [4.78, 5) is 13.1. The monoisotopic (exact) mass is 334 g/mol. The Morgan fingerprint density at radius 3 is 2.80 bits per heavy atom. The van der Waals surface area contributed by atoms with Crippen molar-refractivity contribution in [1.82, 2.24) is 10.6 Å². The van der Waals surface area contributed by atoms with Gasteiger partial charge in [0.25, 0.3) is 0 Å². The third-order valence-corrected chi connectivity index (χ3v) is 4.42. The molecule has 1 aliphatic heterocycles. The van der Waals surface area contributed by atoms with E-state index in [0.717, 1.165) is 36.7 Å². The first kappa shape index (κ1) is 17.6. The highest BCUT2D eigenvalue weighted by Gasteiger charge is 2.19. The van der Waals surface area contributed by atoms with Gasteiger partial charge in [-0.3, -0.25) is 4.79 Å². The average molecular weight is 335 g/mol. The molecule has 0 bridgehead atoms. The van der Waals surface area contributed by atoms with E-state index in [4.69, 9.17) is 11.6 Å². The quantitative estimate of drug-likeness (QED) is 0.642. The Hall–Kier alpha value is -0.420. The van der Waals surface area contributed by atoms with Gasteiger partial charge in [-0.2, -0.15) is 0 Å². The van der Waals surface area contributed by atoms with E-state index in [1.165, 1.54) is 4.90 Å². The SMILES string of the molecule is Cl.O=C(NCCSc1ccc(Cl)cc1)C1CCCNC1. The molecule has 0 aliphatic carbocycles. The zero-order valence-corrected chi connectivity index (χ0v) is 13.6. The molecule has 0 saturated carbocycles. The van der Waals surface area contributed by atoms with Crippen LogP contribution in [0.3, 0.4) is 0 Å². The van der Waals surface area contributed by atoms with Gasteiger partial charge in [0, 0.05) is 28.8 Å². The number of carbonyl (C=O) groups is 1. The van der Waals surface area contributed by atoms with Crippen LogP contribution in [0.15, 0.2) is 29.2 Å². The second kappa shape index (κ2) is 9.50. The average Bonchev–Trinajstić information content (AvgIpc) is 2.46. The fourth-order valence-corrected chi connectivity index (χ4v) is 2.99. The Kier molecular flexibility index (Phi) is 8.38. The van der Waals surface area contributed by atoms with E-state index in [9.17, 15) is 4.79 Å². The molecule has 1 aliphatic rings. The predicted octanol–water partition coefficient (Wildman–Crippen LogP) is 2.97. The Bertz CT molecular complexity index is 408. The molecule has 2 rings (SSSR count). The fourth-order valence-electron chi connectivity index (χ4n) is 2.09. The zero-order valence-electron chi connectivity index (χ0n) is 11.2. The molecule has 1 atom stereocenters. The highest BCUT2D eigenvalue weighted by atomic mass is 35.5. The molecule has 6 heteroatoms. The first-order valence-corrected chi connectivity index (χ1v) is 7.99. The van der Waals surface area contributed by atoms with Gasteiger partial charge in [0.1, 0.15) is 0 Å². The number of rotatable bonds is 5. The molecule has 1 amide bonds. The van der Waals surface area contributed by atoms with Gasteiger partial charge in [0.05, 0.1) is 5.92 Å². The van der Waals surface area contributed by atoms with Crippen LogP contribution in [0, 0.1) is 5.92 Å². The van der Waals surface area contributed by atoms with Crippen molar-refractivity contribution in [2.75, 3.05) is 25.4 Å². The van der Waals surface area contributed by atoms with Crippen LogP contribution in [0.1, 0.15) is 12.8 Å². The third-order valence-electron chi connectivity index (χ3n) is 3.15. The predicted molar refractivity (Wildman–Crippen MR) is 88.0 cm³/mol. The number of piperidine rings is 1. The highest BCUT2D eigenvalue weighted by molar-refractivity contribution is 7.99. The molecule has 112 valence electrons. The van der Waals surface area contributed by atoms with Crippen LogP contribution >= 0.6 is 35.8 Å². The molecule has 1 aromatic rings. The molecule has 0 spiro atoms. The van der Waals surface area contributed by atoms with Crippen molar-refractivity contribution in [2.24, 2.45) is 5.92 Å². The van der Waals surface area contributed by atoms with E-state index in [1.807, 2.05) is 24.3 Å². The van der Waals surface area contributed by atoms with Crippen LogP contribution in [-0.2, 0) is 4.79 Å². The maximum absolute atomic E-state index is 11.9. The second-order valence-corrected chi connectivity index (χ2v) is 6.24. The summed E-state index contributed by atoms with van der Waals surface area (Å²) in [5, 5.41) is 7.02. The van der Waals surface area contributed by atoms with Crippen LogP contribution in [0.4, 0.5) is 0 Å². The van der Waals surface area contributed by atoms with Crippen molar-refractivity contribution in [2.45, 2.75) is 17.7 Å². The lowest BCUT2D eigenvalue weighted by atomic mass is 9.99. The van der Waals surface area contributed by atoms with Crippen molar-refractivity contribution >= 4 is 41.7 Å². The van der Waals surface area contributed by atoms with Gasteiger partial charge in [0.15, 0.2) is 0 Å². The van der Waals surface area contributed by atoms with Gasteiger partial charge in [0.2, 0.25) is 5.91 Å². The van der Waals surface area contributed by atoms with Crippen LogP contribution in [0.5, 0.6) is 0 Å². The summed E-state index contributed by atoms with van der Waals surface area (Å²) in [7, 11) is 0. The van der Waals surface area contributed by atoms with Crippen LogP contribution < -0.4 is 10.6 Å². The number of thioether (sulfide) groups is 1. The first-order chi connectivity index (χ1) is 9.25. The van der Waals surface area contributed by atoms with Crippen molar-refractivity contribution in [1.29, 1.82) is 0 Å². The van der Waals surface area contributed by atoms with Gasteiger partial charge in [-0.1, -0.05) is 11.6 Å². The van der Waals surface area contributed by atoms with Gasteiger partial charge in [-0.25, -0.2) is 0 Å². The molecular formula is C14H20Cl2N2OS. The summed E-state index contributed by atoms with van der Waals surface area (Å²) >= 11 is 7.56. The molecule has 1 fully saturated rings. The molecule has 1 unspecified atom stereocenters. The molecular weight excluding hydrogens is 315 g/mol. The summed E-state index contributed by atoms with van der Waals surface area (Å²) in [6.45, 7) is 2.56. The van der Waals surface area contributed by atoms with Crippen molar-refractivity contribution in [3.63, 3.8) is 0 Å². The maximum atomic E-state index is 11.9. The van der Waals surface area contributed by atoms with Gasteiger partial charge in [-0.15, -0.1) is 24.2 Å². The highest BCUT2D eigenvalue weighted by Crippen LogP contribution is 2.19. The number of hydrogen-bond acceptors (Lipinski definition) is 3. The van der Waals surface area contributed by atoms with Crippen LogP contribution in [-0.4, -0.2) is 31.3 Å². The molecule has 2 N–H and O–H groups in total. The molecule has 1 heterocycles. The van der Waals surface area contributed by atoms with Crippen LogP contribution in [0.2, 0.25) is 5.02 Å². The Morgan fingerprint density at radius 2 is 2.15 bits per heavy atom. The zero-order chi connectivity index (χ0) is 13.5. The Morgan fingerprint density at radius 1 is 1.40 bits per heavy atom. The number of halogens is 2. The number of carbonyl (C=O) groups excluding carboxylic acids is 1. The van der Waals surface area contributed by atoms with E-state index in [-0.39, 0.29) is 24.2 Å². The van der Waals surface area contributed by atoms with Gasteiger partial charge < -0.3 is 10.6 Å². The number of amides is 1. The lowest BCUT2D eigenvalue weighted by molar-refractivity contribution is -0.125. The number of nitrogens with one attached hydrogen (secondary N) is 2. The topological polar surface area (TPSA) is 41.1 Å². The Balaban J connectivity index is 0.00000200. The normalized spacial score (nSPS) is 18.1. The minimum Gasteiger partial charge on any atom is -0.355 e. The summed E-state index contributed by atoms with van der Waals surface area (Å²) < 4.78 is 0. The summed E-state index contributed by atoms with van der Waals surface area (Å²) in [6.07, 6.45) is 2.10. The van der Waals surface area contributed by atoms with Crippen molar-refractivity contribution < 1.29 is 4.79 Å². The molecule has 0 aromatic heterocycles. The first-order valence-electron chi connectivity index (χ1n) is 6.62. The minimum atomic E-state index is 0. The minimum absolute atomic E-state index is 0. The summed E-state index contributed by atoms with van der Waals surface area (Å²) in [5.41, 5.74) is 0. The van der Waals surface area contributed by atoms with E-state index in [2.05, 4.69) is 10.6 Å². The lowest BCUT2D eigenvalue weighted by Crippen LogP contribution is -2.41. The lowest BCUT2D eigenvalue weighted by Gasteiger charge is -2.21. The smallest absolute Gasteiger partial charge is 0.224 e. The van der Waals surface area contributed by atoms with Gasteiger partial charge in [-0.05, 0) is 43.7 Å². The summed E-state index contributed by atoms with van der Waals surface area (Å²) in [6, 6.07) is 7.77. The third kappa shape index (κ3) is 5.92. The molecule has 3 nitrogen and oxygen atoms in total. The Labute approximate surface area is 135 Å². The number of benzene rings is 1.